The van der Waals surface area contributed by atoms with Crippen molar-refractivity contribution in [3.05, 3.63) is 42.5 Å². The molecule has 0 radical (unpaired) electrons. The quantitative estimate of drug-likeness (QED) is 0.623. The second-order valence-electron chi connectivity index (χ2n) is 8.92. The molecule has 3 aromatic heterocycles. The van der Waals surface area contributed by atoms with Crippen molar-refractivity contribution in [2.24, 2.45) is 12.5 Å². The number of nitrogens with zero attached hydrogens (tertiary/aromatic N) is 6. The van der Waals surface area contributed by atoms with Gasteiger partial charge in [-0.15, -0.1) is 13.2 Å². The number of nitrogens with one attached hydrogen (secondary N) is 1. The minimum Gasteiger partial charge on any atom is -0.406 e. The third kappa shape index (κ3) is 3.90. The molecule has 3 aromatic rings. The Hall–Kier alpha value is -3.77. The molecular formula is C21H22F3N7O3. The van der Waals surface area contributed by atoms with E-state index in [9.17, 15) is 22.8 Å². The van der Waals surface area contributed by atoms with Gasteiger partial charge in [0, 0.05) is 63.3 Å². The first-order valence-corrected chi connectivity index (χ1v) is 10.6. The molecular weight excluding hydrogens is 455 g/mol. The molecule has 1 N–H and O–H groups in total. The Kier molecular flexibility index (Phi) is 4.95. The third-order valence-corrected chi connectivity index (χ3v) is 6.51. The van der Waals surface area contributed by atoms with Crippen LogP contribution < -0.4 is 10.1 Å². The number of ether oxygens (including phenoxy) is 1. The molecule has 2 fully saturated rings. The molecule has 0 unspecified atom stereocenters. The molecule has 2 aliphatic rings. The number of amides is 3. The highest BCUT2D eigenvalue weighted by Gasteiger charge is 2.55. The summed E-state index contributed by atoms with van der Waals surface area (Å²) in [5.74, 6) is -0.571. The maximum atomic E-state index is 12.9. The molecule has 180 valence electrons. The van der Waals surface area contributed by atoms with Crippen LogP contribution in [0.5, 0.6) is 5.75 Å². The van der Waals surface area contributed by atoms with Crippen molar-refractivity contribution >= 4 is 23.4 Å². The number of carbonyl (C=O) groups excluding carboxylic acids is 2. The lowest BCUT2D eigenvalue weighted by atomic mass is 9.60. The molecule has 1 saturated heterocycles. The van der Waals surface area contributed by atoms with E-state index in [1.165, 1.54) is 4.90 Å². The molecule has 1 aliphatic heterocycles. The minimum absolute atomic E-state index is 0.0198. The van der Waals surface area contributed by atoms with Crippen LogP contribution in [0.3, 0.4) is 0 Å². The summed E-state index contributed by atoms with van der Waals surface area (Å²) in [6.45, 7) is 1.22. The second kappa shape index (κ2) is 7.64. The zero-order valence-corrected chi connectivity index (χ0v) is 18.4. The van der Waals surface area contributed by atoms with E-state index in [1.807, 2.05) is 17.8 Å². The first kappa shape index (κ1) is 22.0. The van der Waals surface area contributed by atoms with Gasteiger partial charge in [-0.2, -0.15) is 5.10 Å². The van der Waals surface area contributed by atoms with Gasteiger partial charge in [-0.25, -0.2) is 14.3 Å². The van der Waals surface area contributed by atoms with Crippen LogP contribution in [0.1, 0.15) is 23.2 Å². The summed E-state index contributed by atoms with van der Waals surface area (Å²) >= 11 is 0. The first-order valence-electron chi connectivity index (χ1n) is 10.6. The highest BCUT2D eigenvalue weighted by Crippen LogP contribution is 2.50. The van der Waals surface area contributed by atoms with Crippen molar-refractivity contribution < 1.29 is 27.5 Å². The molecule has 3 amide bonds. The van der Waals surface area contributed by atoms with Gasteiger partial charge in [-0.1, -0.05) is 0 Å². The predicted molar refractivity (Wildman–Crippen MR) is 113 cm³/mol. The number of alkyl halides is 3. The van der Waals surface area contributed by atoms with Gasteiger partial charge in [0.15, 0.2) is 0 Å². The van der Waals surface area contributed by atoms with Crippen LogP contribution in [0.25, 0.3) is 5.65 Å². The van der Waals surface area contributed by atoms with E-state index in [2.05, 4.69) is 20.1 Å². The fourth-order valence-corrected chi connectivity index (χ4v) is 4.79. The van der Waals surface area contributed by atoms with E-state index < -0.39 is 18.1 Å². The van der Waals surface area contributed by atoms with Gasteiger partial charge in [0.1, 0.15) is 22.8 Å². The second-order valence-corrected chi connectivity index (χ2v) is 8.92. The largest absolute Gasteiger partial charge is 0.573 e. The number of rotatable bonds is 4. The minimum atomic E-state index is -4.83. The molecule has 0 bridgehead atoms. The SMILES string of the molecule is CN(C(=O)Nc1cc(OC(F)(F)F)ccn1)C1CC2(C1)CN(C(=O)c1cnn3ccn(C)c13)C2. The summed E-state index contributed by atoms with van der Waals surface area (Å²) < 4.78 is 44.6. The topological polar surface area (TPSA) is 97.0 Å². The lowest BCUT2D eigenvalue weighted by molar-refractivity contribution is -0.274. The fourth-order valence-electron chi connectivity index (χ4n) is 4.79. The monoisotopic (exact) mass is 477 g/mol. The lowest BCUT2D eigenvalue weighted by Crippen LogP contribution is -2.67. The number of hydrogen-bond acceptors (Lipinski definition) is 5. The summed E-state index contributed by atoms with van der Waals surface area (Å²) in [5, 5.41) is 6.71. The third-order valence-electron chi connectivity index (χ3n) is 6.51. The van der Waals surface area contributed by atoms with Gasteiger partial charge >= 0.3 is 12.4 Å². The summed E-state index contributed by atoms with van der Waals surface area (Å²) in [4.78, 5) is 32.6. The van der Waals surface area contributed by atoms with Crippen LogP contribution in [-0.4, -0.2) is 73.4 Å². The number of carbonyl (C=O) groups is 2. The number of fused-ring (bicyclic) bond motifs is 1. The molecule has 0 aromatic carbocycles. The summed E-state index contributed by atoms with van der Waals surface area (Å²) in [7, 11) is 3.49. The van der Waals surface area contributed by atoms with Crippen LogP contribution in [0.4, 0.5) is 23.8 Å². The van der Waals surface area contributed by atoms with Crippen molar-refractivity contribution in [3.8, 4) is 5.75 Å². The standard InChI is InChI=1S/C21H22F3N7O3/c1-28-5-6-31-17(28)15(10-26-31)18(32)30-11-20(12-30)8-13(9-20)29(2)19(33)27-16-7-14(3-4-25-16)34-21(22,23)24/h3-7,10,13H,8-9,11-12H2,1-2H3,(H,25,27,33). The van der Waals surface area contributed by atoms with Gasteiger partial charge in [0.25, 0.3) is 5.91 Å². The van der Waals surface area contributed by atoms with Crippen LogP contribution in [0.2, 0.25) is 0 Å². The lowest BCUT2D eigenvalue weighted by Gasteiger charge is -2.60. The molecule has 4 heterocycles. The van der Waals surface area contributed by atoms with Crippen molar-refractivity contribution in [2.75, 3.05) is 25.5 Å². The van der Waals surface area contributed by atoms with E-state index in [0.29, 0.717) is 18.7 Å². The number of halogens is 3. The summed E-state index contributed by atoms with van der Waals surface area (Å²) in [6.07, 6.45) is 2.96. The Morgan fingerprint density at radius 1 is 1.26 bits per heavy atom. The van der Waals surface area contributed by atoms with E-state index in [4.69, 9.17) is 0 Å². The summed E-state index contributed by atoms with van der Waals surface area (Å²) in [6, 6.07) is 1.55. The van der Waals surface area contributed by atoms with Gasteiger partial charge in [0.05, 0.1) is 6.20 Å². The Labute approximate surface area is 191 Å². The molecule has 1 saturated carbocycles. The summed E-state index contributed by atoms with van der Waals surface area (Å²) in [5.41, 5.74) is 1.28. The number of pyridine rings is 1. The Balaban J connectivity index is 1.14. The Morgan fingerprint density at radius 3 is 2.71 bits per heavy atom. The first-order chi connectivity index (χ1) is 16.0. The van der Waals surface area contributed by atoms with Crippen LogP contribution in [0.15, 0.2) is 36.9 Å². The van der Waals surface area contributed by atoms with E-state index >= 15 is 0 Å². The zero-order valence-electron chi connectivity index (χ0n) is 18.4. The highest BCUT2D eigenvalue weighted by atomic mass is 19.4. The van der Waals surface area contributed by atoms with Gasteiger partial charge in [-0.3, -0.25) is 10.1 Å². The van der Waals surface area contributed by atoms with Gasteiger partial charge < -0.3 is 19.1 Å². The zero-order chi connectivity index (χ0) is 24.3. The maximum absolute atomic E-state index is 12.9. The van der Waals surface area contributed by atoms with Crippen molar-refractivity contribution in [1.29, 1.82) is 0 Å². The molecule has 34 heavy (non-hydrogen) atoms. The number of aryl methyl sites for hydroxylation is 1. The number of anilines is 1. The molecule has 1 aliphatic carbocycles. The maximum Gasteiger partial charge on any atom is 0.573 e. The number of imidazole rings is 1. The Bertz CT molecular complexity index is 1250. The number of urea groups is 1. The predicted octanol–water partition coefficient (Wildman–Crippen LogP) is 2.73. The number of aromatic nitrogens is 4. The average Bonchev–Trinajstić information content (AvgIpc) is 3.27. The smallest absolute Gasteiger partial charge is 0.406 e. The normalized spacial score (nSPS) is 17.4. The highest BCUT2D eigenvalue weighted by molar-refractivity contribution is 6.00. The molecule has 5 rings (SSSR count). The van der Waals surface area contributed by atoms with Crippen LogP contribution in [0, 0.1) is 5.41 Å². The van der Waals surface area contributed by atoms with E-state index in [0.717, 1.165) is 36.8 Å². The number of hydrogen-bond donors (Lipinski definition) is 1. The van der Waals surface area contributed by atoms with E-state index in [-0.39, 0.29) is 23.2 Å². The van der Waals surface area contributed by atoms with Crippen LogP contribution >= 0.6 is 0 Å². The van der Waals surface area contributed by atoms with Crippen molar-refractivity contribution in [1.82, 2.24) is 29.0 Å². The number of likely N-dealkylation sites (tertiary alicyclic amines) is 1. The van der Waals surface area contributed by atoms with Gasteiger partial charge in [-0.05, 0) is 18.9 Å². The van der Waals surface area contributed by atoms with Gasteiger partial charge in [0.2, 0.25) is 0 Å². The molecule has 0 atom stereocenters. The Morgan fingerprint density at radius 2 is 2.00 bits per heavy atom. The van der Waals surface area contributed by atoms with E-state index in [1.54, 1.807) is 28.9 Å². The average molecular weight is 477 g/mol. The van der Waals surface area contributed by atoms with Crippen LogP contribution in [-0.2, 0) is 7.05 Å². The van der Waals surface area contributed by atoms with Crippen molar-refractivity contribution in [2.45, 2.75) is 25.2 Å². The molecule has 1 spiro atoms. The molecule has 13 heteroatoms. The molecule has 10 nitrogen and oxygen atoms in total. The van der Waals surface area contributed by atoms with Crippen molar-refractivity contribution in [3.63, 3.8) is 0 Å². The fraction of sp³-hybridized carbons (Fsp3) is 0.429.